The maximum absolute atomic E-state index is 12.6. The molecule has 1 heterocycles. The summed E-state index contributed by atoms with van der Waals surface area (Å²) in [7, 11) is 0. The summed E-state index contributed by atoms with van der Waals surface area (Å²) >= 11 is 0. The van der Waals surface area contributed by atoms with E-state index < -0.39 is 24.3 Å². The van der Waals surface area contributed by atoms with E-state index in [2.05, 4.69) is 5.32 Å². The first-order chi connectivity index (χ1) is 10.4. The van der Waals surface area contributed by atoms with Gasteiger partial charge in [-0.1, -0.05) is 19.1 Å². The smallest absolute Gasteiger partial charge is 0.321 e. The van der Waals surface area contributed by atoms with Crippen LogP contribution in [0.15, 0.2) is 24.3 Å². The normalized spacial score (nSPS) is 21.7. The molecule has 120 valence electrons. The Hall–Kier alpha value is -2.18. The second-order valence-electron chi connectivity index (χ2n) is 5.64. The van der Waals surface area contributed by atoms with Crippen LogP contribution in [-0.4, -0.2) is 35.1 Å². The van der Waals surface area contributed by atoms with Gasteiger partial charge in [-0.2, -0.15) is 0 Å². The molecule has 7 heteroatoms. The molecular formula is C15H18F2N2O3. The van der Waals surface area contributed by atoms with Gasteiger partial charge in [0.2, 0.25) is 0 Å². The fourth-order valence-corrected chi connectivity index (χ4v) is 2.65. The van der Waals surface area contributed by atoms with Crippen molar-refractivity contribution >= 4 is 17.7 Å². The van der Waals surface area contributed by atoms with Crippen LogP contribution in [0.25, 0.3) is 0 Å². The van der Waals surface area contributed by atoms with E-state index in [1.165, 1.54) is 29.2 Å². The molecule has 1 saturated heterocycles. The van der Waals surface area contributed by atoms with E-state index in [1.807, 2.05) is 6.92 Å². The Balaban J connectivity index is 2.05. The van der Waals surface area contributed by atoms with Crippen LogP contribution < -0.4 is 5.32 Å². The summed E-state index contributed by atoms with van der Waals surface area (Å²) in [5.41, 5.74) is 0.0983. The number of nitrogens with zero attached hydrogens (tertiary/aromatic N) is 1. The zero-order valence-electron chi connectivity index (χ0n) is 12.1. The number of urea groups is 1. The van der Waals surface area contributed by atoms with E-state index >= 15 is 0 Å². The number of benzene rings is 1. The molecule has 2 amide bonds. The minimum Gasteiger partial charge on any atom is -0.481 e. The van der Waals surface area contributed by atoms with E-state index in [-0.39, 0.29) is 23.7 Å². The lowest BCUT2D eigenvalue weighted by Gasteiger charge is -2.34. The molecular weight excluding hydrogens is 294 g/mol. The van der Waals surface area contributed by atoms with Crippen molar-refractivity contribution in [2.24, 2.45) is 11.8 Å². The van der Waals surface area contributed by atoms with E-state index in [1.54, 1.807) is 0 Å². The predicted molar refractivity (Wildman–Crippen MR) is 76.9 cm³/mol. The zero-order chi connectivity index (χ0) is 16.3. The van der Waals surface area contributed by atoms with Gasteiger partial charge in [-0.3, -0.25) is 4.79 Å². The summed E-state index contributed by atoms with van der Waals surface area (Å²) in [5, 5.41) is 11.6. The maximum Gasteiger partial charge on any atom is 0.321 e. The monoisotopic (exact) mass is 312 g/mol. The molecule has 1 aliphatic rings. The summed E-state index contributed by atoms with van der Waals surface area (Å²) in [5.74, 6) is -1.45. The summed E-state index contributed by atoms with van der Waals surface area (Å²) in [6.07, 6.45) is -2.08. The molecule has 22 heavy (non-hydrogen) atoms. The number of hydrogen-bond donors (Lipinski definition) is 2. The van der Waals surface area contributed by atoms with Crippen LogP contribution in [0.5, 0.6) is 0 Å². The van der Waals surface area contributed by atoms with Crippen molar-refractivity contribution in [2.75, 3.05) is 18.4 Å². The van der Waals surface area contributed by atoms with Gasteiger partial charge in [0.15, 0.2) is 0 Å². The molecule has 2 N–H and O–H groups in total. The van der Waals surface area contributed by atoms with Crippen LogP contribution in [0.3, 0.4) is 0 Å². The Labute approximate surface area is 126 Å². The lowest BCUT2D eigenvalue weighted by Crippen LogP contribution is -2.47. The number of halogens is 2. The molecule has 1 aromatic rings. The molecule has 0 saturated carbocycles. The van der Waals surface area contributed by atoms with Crippen LogP contribution in [0.2, 0.25) is 0 Å². The van der Waals surface area contributed by atoms with E-state index in [0.717, 1.165) is 0 Å². The van der Waals surface area contributed by atoms with Crippen LogP contribution in [0, 0.1) is 11.8 Å². The first-order valence-corrected chi connectivity index (χ1v) is 7.03. The molecule has 2 unspecified atom stereocenters. The maximum atomic E-state index is 12.6. The lowest BCUT2D eigenvalue weighted by molar-refractivity contribution is -0.143. The topological polar surface area (TPSA) is 69.6 Å². The summed E-state index contributed by atoms with van der Waals surface area (Å²) < 4.78 is 25.3. The number of likely N-dealkylation sites (tertiary alicyclic amines) is 1. The molecule has 0 aliphatic carbocycles. The average molecular weight is 312 g/mol. The number of alkyl halides is 2. The molecule has 1 aliphatic heterocycles. The number of nitrogens with one attached hydrogen (secondary N) is 1. The van der Waals surface area contributed by atoms with Gasteiger partial charge >= 0.3 is 12.0 Å². The summed E-state index contributed by atoms with van der Waals surface area (Å²) in [4.78, 5) is 24.7. The minimum absolute atomic E-state index is 0.0769. The van der Waals surface area contributed by atoms with Gasteiger partial charge in [0.1, 0.15) is 0 Å². The van der Waals surface area contributed by atoms with Gasteiger partial charge in [-0.15, -0.1) is 0 Å². The van der Waals surface area contributed by atoms with Gasteiger partial charge in [-0.25, -0.2) is 13.6 Å². The van der Waals surface area contributed by atoms with Crippen molar-refractivity contribution in [1.29, 1.82) is 0 Å². The SMILES string of the molecule is CC1CC(C(=O)O)CN(C(=O)Nc2cccc(C(F)F)c2)C1. The van der Waals surface area contributed by atoms with Gasteiger partial charge in [0.05, 0.1) is 5.92 Å². The Kier molecular flexibility index (Phi) is 4.95. The molecule has 0 radical (unpaired) electrons. The Morgan fingerprint density at radius 2 is 2.09 bits per heavy atom. The standard InChI is InChI=1S/C15H18F2N2O3/c1-9-5-11(14(20)21)8-19(7-9)15(22)18-12-4-2-3-10(6-12)13(16)17/h2-4,6,9,11,13H,5,7-8H2,1H3,(H,18,22)(H,20,21). The number of anilines is 1. The number of piperidine rings is 1. The quantitative estimate of drug-likeness (QED) is 0.900. The third-order valence-corrected chi connectivity index (χ3v) is 3.69. The lowest BCUT2D eigenvalue weighted by atomic mass is 9.91. The highest BCUT2D eigenvalue weighted by atomic mass is 19.3. The van der Waals surface area contributed by atoms with Crippen molar-refractivity contribution in [2.45, 2.75) is 19.8 Å². The second-order valence-corrected chi connectivity index (χ2v) is 5.64. The average Bonchev–Trinajstić information content (AvgIpc) is 2.46. The number of hydrogen-bond acceptors (Lipinski definition) is 2. The molecule has 2 rings (SSSR count). The van der Waals surface area contributed by atoms with Gasteiger partial charge in [0.25, 0.3) is 6.43 Å². The molecule has 2 atom stereocenters. The summed E-state index contributed by atoms with van der Waals surface area (Å²) in [6, 6.07) is 4.99. The van der Waals surface area contributed by atoms with Crippen LogP contribution in [0.4, 0.5) is 19.3 Å². The summed E-state index contributed by atoms with van der Waals surface area (Å²) in [6.45, 7) is 2.46. The van der Waals surface area contributed by atoms with Crippen LogP contribution >= 0.6 is 0 Å². The third-order valence-electron chi connectivity index (χ3n) is 3.69. The van der Waals surface area contributed by atoms with Crippen molar-refractivity contribution in [3.05, 3.63) is 29.8 Å². The largest absolute Gasteiger partial charge is 0.481 e. The van der Waals surface area contributed by atoms with Crippen molar-refractivity contribution in [1.82, 2.24) is 4.90 Å². The van der Waals surface area contributed by atoms with E-state index in [0.29, 0.717) is 13.0 Å². The van der Waals surface area contributed by atoms with E-state index in [9.17, 15) is 18.4 Å². The highest BCUT2D eigenvalue weighted by Crippen LogP contribution is 2.24. The Morgan fingerprint density at radius 1 is 1.36 bits per heavy atom. The molecule has 0 bridgehead atoms. The van der Waals surface area contributed by atoms with Gasteiger partial charge < -0.3 is 15.3 Å². The molecule has 5 nitrogen and oxygen atoms in total. The predicted octanol–water partition coefficient (Wildman–Crippen LogP) is 3.20. The number of rotatable bonds is 3. The third kappa shape index (κ3) is 3.93. The zero-order valence-corrected chi connectivity index (χ0v) is 12.1. The first-order valence-electron chi connectivity index (χ1n) is 7.03. The van der Waals surface area contributed by atoms with E-state index in [4.69, 9.17) is 5.11 Å². The molecule has 1 aromatic carbocycles. The first kappa shape index (κ1) is 16.2. The number of carboxylic acids is 1. The van der Waals surface area contributed by atoms with Crippen molar-refractivity contribution < 1.29 is 23.5 Å². The fourth-order valence-electron chi connectivity index (χ4n) is 2.65. The molecule has 0 spiro atoms. The minimum atomic E-state index is -2.61. The second kappa shape index (κ2) is 6.72. The number of carboxylic acid groups (broad SMARTS) is 1. The molecule has 1 fully saturated rings. The number of carbonyl (C=O) groups is 2. The highest BCUT2D eigenvalue weighted by Gasteiger charge is 2.31. The molecule has 0 aromatic heterocycles. The number of aliphatic carboxylic acids is 1. The van der Waals surface area contributed by atoms with Gasteiger partial charge in [-0.05, 0) is 24.5 Å². The number of amides is 2. The van der Waals surface area contributed by atoms with Crippen molar-refractivity contribution in [3.8, 4) is 0 Å². The van der Waals surface area contributed by atoms with Crippen LogP contribution in [-0.2, 0) is 4.79 Å². The Morgan fingerprint density at radius 3 is 2.73 bits per heavy atom. The van der Waals surface area contributed by atoms with Crippen LogP contribution in [0.1, 0.15) is 25.3 Å². The number of carbonyl (C=O) groups excluding carboxylic acids is 1. The fraction of sp³-hybridized carbons (Fsp3) is 0.467. The van der Waals surface area contributed by atoms with Crippen molar-refractivity contribution in [3.63, 3.8) is 0 Å². The van der Waals surface area contributed by atoms with Gasteiger partial charge in [0, 0.05) is 24.3 Å². The highest BCUT2D eigenvalue weighted by molar-refractivity contribution is 5.89. The Bertz CT molecular complexity index is 565.